The fourth-order valence-corrected chi connectivity index (χ4v) is 0.793. The molecule has 0 atom stereocenters. The highest BCUT2D eigenvalue weighted by molar-refractivity contribution is 8.13. The molecule has 0 aromatic carbocycles. The fraction of sp³-hybridized carbons (Fsp3) is 0.889. The zero-order valence-corrected chi connectivity index (χ0v) is 9.42. The van der Waals surface area contributed by atoms with Gasteiger partial charge in [0, 0.05) is 5.54 Å². The SMILES string of the molecule is CSC(=O)CNC(C)(C)C(C)C. The molecule has 12 heavy (non-hydrogen) atoms. The molecule has 0 bridgehead atoms. The van der Waals surface area contributed by atoms with Crippen LogP contribution in [0.2, 0.25) is 0 Å². The second-order valence-electron chi connectivity index (χ2n) is 3.81. The van der Waals surface area contributed by atoms with Crippen LogP contribution in [0.15, 0.2) is 0 Å². The molecule has 72 valence electrons. The van der Waals surface area contributed by atoms with E-state index in [1.54, 1.807) is 0 Å². The van der Waals surface area contributed by atoms with E-state index >= 15 is 0 Å². The molecule has 0 saturated heterocycles. The highest BCUT2D eigenvalue weighted by atomic mass is 32.2. The number of hydrogen-bond donors (Lipinski definition) is 1. The summed E-state index contributed by atoms with van der Waals surface area (Å²) >= 11 is 1.28. The van der Waals surface area contributed by atoms with Crippen LogP contribution >= 0.6 is 11.8 Å². The molecule has 0 spiro atoms. The Kier molecular flexibility index (Phi) is 4.87. The highest BCUT2D eigenvalue weighted by Gasteiger charge is 2.21. The first-order valence-electron chi connectivity index (χ1n) is 4.22. The minimum absolute atomic E-state index is 0.0470. The summed E-state index contributed by atoms with van der Waals surface area (Å²) in [6.07, 6.45) is 1.81. The van der Waals surface area contributed by atoms with Crippen molar-refractivity contribution >= 4 is 16.9 Å². The van der Waals surface area contributed by atoms with E-state index in [2.05, 4.69) is 33.0 Å². The second-order valence-corrected chi connectivity index (χ2v) is 4.67. The second kappa shape index (κ2) is 4.87. The predicted octanol–water partition coefficient (Wildman–Crippen LogP) is 1.90. The zero-order chi connectivity index (χ0) is 9.78. The molecule has 0 aromatic rings. The minimum Gasteiger partial charge on any atom is -0.304 e. The average Bonchev–Trinajstić information content (AvgIpc) is 2.00. The van der Waals surface area contributed by atoms with Gasteiger partial charge in [-0.1, -0.05) is 25.6 Å². The summed E-state index contributed by atoms with van der Waals surface area (Å²) < 4.78 is 0. The van der Waals surface area contributed by atoms with Gasteiger partial charge < -0.3 is 5.32 Å². The van der Waals surface area contributed by atoms with Gasteiger partial charge in [0.15, 0.2) is 0 Å². The summed E-state index contributed by atoms with van der Waals surface area (Å²) in [5, 5.41) is 3.44. The number of thioether (sulfide) groups is 1. The Hall–Kier alpha value is -0.0200. The van der Waals surface area contributed by atoms with Crippen LogP contribution in [0.3, 0.4) is 0 Å². The molecule has 0 aliphatic heterocycles. The van der Waals surface area contributed by atoms with Gasteiger partial charge >= 0.3 is 0 Å². The Labute approximate surface area is 79.5 Å². The van der Waals surface area contributed by atoms with Crippen LogP contribution in [0, 0.1) is 5.92 Å². The van der Waals surface area contributed by atoms with Gasteiger partial charge in [0.2, 0.25) is 5.12 Å². The lowest BCUT2D eigenvalue weighted by Gasteiger charge is -2.30. The third-order valence-electron chi connectivity index (χ3n) is 2.36. The summed E-state index contributed by atoms with van der Waals surface area (Å²) in [5.74, 6) is 0.534. The van der Waals surface area contributed by atoms with Gasteiger partial charge in [0.25, 0.3) is 0 Å². The molecule has 0 aliphatic carbocycles. The molecular weight excluding hydrogens is 170 g/mol. The third kappa shape index (κ3) is 4.12. The van der Waals surface area contributed by atoms with E-state index in [1.165, 1.54) is 11.8 Å². The first kappa shape index (κ1) is 12.0. The maximum Gasteiger partial charge on any atom is 0.202 e. The lowest BCUT2D eigenvalue weighted by molar-refractivity contribution is -0.110. The molecule has 0 aromatic heterocycles. The summed E-state index contributed by atoms with van der Waals surface area (Å²) in [6, 6.07) is 0. The molecule has 1 N–H and O–H groups in total. The molecule has 0 fully saturated rings. The monoisotopic (exact) mass is 189 g/mol. The van der Waals surface area contributed by atoms with Crippen LogP contribution in [0.5, 0.6) is 0 Å². The molecule has 0 heterocycles. The van der Waals surface area contributed by atoms with E-state index in [0.717, 1.165) is 0 Å². The zero-order valence-electron chi connectivity index (χ0n) is 8.60. The molecule has 0 amide bonds. The van der Waals surface area contributed by atoms with Crippen molar-refractivity contribution in [1.29, 1.82) is 0 Å². The molecule has 3 heteroatoms. The molecule has 2 nitrogen and oxygen atoms in total. The van der Waals surface area contributed by atoms with Crippen LogP contribution in [0.4, 0.5) is 0 Å². The van der Waals surface area contributed by atoms with E-state index in [0.29, 0.717) is 12.5 Å². The summed E-state index contributed by atoms with van der Waals surface area (Å²) in [4.78, 5) is 11.0. The standard InChI is InChI=1S/C9H19NOS/c1-7(2)9(3,4)10-6-8(11)12-5/h7,10H,6H2,1-5H3. The molecule has 0 aliphatic rings. The van der Waals surface area contributed by atoms with Crippen molar-refractivity contribution < 1.29 is 4.79 Å². The lowest BCUT2D eigenvalue weighted by Crippen LogP contribution is -2.45. The Balaban J connectivity index is 3.83. The normalized spacial score (nSPS) is 12.2. The van der Waals surface area contributed by atoms with E-state index < -0.39 is 0 Å². The number of hydrogen-bond acceptors (Lipinski definition) is 3. The minimum atomic E-state index is 0.0470. The Morgan fingerprint density at radius 3 is 2.33 bits per heavy atom. The maximum atomic E-state index is 11.0. The topological polar surface area (TPSA) is 29.1 Å². The Morgan fingerprint density at radius 2 is 2.00 bits per heavy atom. The fourth-order valence-electron chi connectivity index (χ4n) is 0.576. The van der Waals surface area contributed by atoms with E-state index in [1.807, 2.05) is 6.26 Å². The van der Waals surface area contributed by atoms with Gasteiger partial charge in [-0.15, -0.1) is 0 Å². The number of carbonyl (C=O) groups is 1. The molecule has 0 saturated carbocycles. The van der Waals surface area contributed by atoms with Crippen LogP contribution in [-0.2, 0) is 4.79 Å². The van der Waals surface area contributed by atoms with Crippen LogP contribution in [0.1, 0.15) is 27.7 Å². The molecule has 0 unspecified atom stereocenters. The van der Waals surface area contributed by atoms with E-state index in [-0.39, 0.29) is 10.7 Å². The Bertz CT molecular complexity index is 155. The van der Waals surface area contributed by atoms with Crippen molar-refractivity contribution in [2.45, 2.75) is 33.2 Å². The van der Waals surface area contributed by atoms with Gasteiger partial charge in [0.1, 0.15) is 0 Å². The van der Waals surface area contributed by atoms with Crippen molar-refractivity contribution in [3.8, 4) is 0 Å². The average molecular weight is 189 g/mol. The molecule has 0 rings (SSSR count). The van der Waals surface area contributed by atoms with Crippen LogP contribution in [0.25, 0.3) is 0 Å². The van der Waals surface area contributed by atoms with Crippen molar-refractivity contribution in [3.63, 3.8) is 0 Å². The maximum absolute atomic E-state index is 11.0. The largest absolute Gasteiger partial charge is 0.304 e. The van der Waals surface area contributed by atoms with Crippen molar-refractivity contribution in [1.82, 2.24) is 5.32 Å². The van der Waals surface area contributed by atoms with Gasteiger partial charge in [-0.25, -0.2) is 0 Å². The lowest BCUT2D eigenvalue weighted by atomic mass is 9.91. The van der Waals surface area contributed by atoms with Crippen LogP contribution < -0.4 is 5.32 Å². The smallest absolute Gasteiger partial charge is 0.202 e. The first-order chi connectivity index (χ1) is 5.40. The molecular formula is C9H19NOS. The van der Waals surface area contributed by atoms with Crippen molar-refractivity contribution in [3.05, 3.63) is 0 Å². The number of rotatable bonds is 4. The third-order valence-corrected chi connectivity index (χ3v) is 2.96. The summed E-state index contributed by atoms with van der Waals surface area (Å²) in [5.41, 5.74) is 0.0470. The van der Waals surface area contributed by atoms with Crippen molar-refractivity contribution in [2.24, 2.45) is 5.92 Å². The van der Waals surface area contributed by atoms with Crippen molar-refractivity contribution in [2.75, 3.05) is 12.8 Å². The number of nitrogens with one attached hydrogen (secondary N) is 1. The summed E-state index contributed by atoms with van der Waals surface area (Å²) in [7, 11) is 0. The van der Waals surface area contributed by atoms with E-state index in [4.69, 9.17) is 0 Å². The van der Waals surface area contributed by atoms with E-state index in [9.17, 15) is 4.79 Å². The van der Waals surface area contributed by atoms with Gasteiger partial charge in [-0.2, -0.15) is 0 Å². The first-order valence-corrected chi connectivity index (χ1v) is 5.44. The van der Waals surface area contributed by atoms with Gasteiger partial charge in [-0.05, 0) is 26.0 Å². The predicted molar refractivity (Wildman–Crippen MR) is 55.4 cm³/mol. The quantitative estimate of drug-likeness (QED) is 0.732. The van der Waals surface area contributed by atoms with Gasteiger partial charge in [0.05, 0.1) is 6.54 Å². The molecule has 0 radical (unpaired) electrons. The van der Waals surface area contributed by atoms with Gasteiger partial charge in [-0.3, -0.25) is 4.79 Å². The highest BCUT2D eigenvalue weighted by Crippen LogP contribution is 2.14. The Morgan fingerprint density at radius 1 is 1.50 bits per heavy atom. The summed E-state index contributed by atoms with van der Waals surface area (Å²) in [6.45, 7) is 9.00. The van der Waals surface area contributed by atoms with Crippen LogP contribution in [-0.4, -0.2) is 23.5 Å². The number of carbonyl (C=O) groups excluding carboxylic acids is 1.